The second-order valence-corrected chi connectivity index (χ2v) is 3.98. The number of ether oxygens (including phenoxy) is 1. The van der Waals surface area contributed by atoms with E-state index in [4.69, 9.17) is 10.5 Å². The van der Waals surface area contributed by atoms with Crippen LogP contribution in [0.1, 0.15) is 25.5 Å². The van der Waals surface area contributed by atoms with Crippen molar-refractivity contribution < 1.29 is 19.0 Å². The lowest BCUT2D eigenvalue weighted by molar-refractivity contribution is -0.122. The molecule has 1 amide bonds. The average molecular weight is 241 g/mol. The Bertz CT molecular complexity index is 407. The first-order valence-electron chi connectivity index (χ1n) is 5.31. The van der Waals surface area contributed by atoms with Gasteiger partial charge in [0.25, 0.3) is 0 Å². The van der Waals surface area contributed by atoms with Gasteiger partial charge in [-0.2, -0.15) is 0 Å². The van der Waals surface area contributed by atoms with Crippen LogP contribution in [0.25, 0.3) is 0 Å². The summed E-state index contributed by atoms with van der Waals surface area (Å²) in [5.74, 6) is -1.50. The SMILES string of the molecule is CC(COc1ccc([C@H](C)O)cc1F)C(N)=O. The van der Waals surface area contributed by atoms with Crippen LogP contribution in [0.3, 0.4) is 0 Å². The lowest BCUT2D eigenvalue weighted by Gasteiger charge is -2.12. The summed E-state index contributed by atoms with van der Waals surface area (Å²) in [7, 11) is 0. The molecule has 1 aromatic rings. The Kier molecular flexibility index (Phi) is 4.45. The van der Waals surface area contributed by atoms with Gasteiger partial charge in [-0.25, -0.2) is 4.39 Å². The molecule has 94 valence electrons. The maximum absolute atomic E-state index is 13.5. The fraction of sp³-hybridized carbons (Fsp3) is 0.417. The van der Waals surface area contributed by atoms with Gasteiger partial charge < -0.3 is 15.6 Å². The fourth-order valence-electron chi connectivity index (χ4n) is 1.19. The van der Waals surface area contributed by atoms with Crippen molar-refractivity contribution in [2.24, 2.45) is 11.7 Å². The predicted molar refractivity (Wildman–Crippen MR) is 60.9 cm³/mol. The van der Waals surface area contributed by atoms with Crippen LogP contribution in [-0.4, -0.2) is 17.6 Å². The van der Waals surface area contributed by atoms with Gasteiger partial charge in [-0.1, -0.05) is 13.0 Å². The summed E-state index contributed by atoms with van der Waals surface area (Å²) in [6.45, 7) is 3.18. The Morgan fingerprint density at radius 3 is 2.65 bits per heavy atom. The highest BCUT2D eigenvalue weighted by Crippen LogP contribution is 2.22. The van der Waals surface area contributed by atoms with Gasteiger partial charge in [0.05, 0.1) is 18.6 Å². The zero-order valence-corrected chi connectivity index (χ0v) is 9.81. The molecule has 1 unspecified atom stereocenters. The number of aliphatic hydroxyl groups excluding tert-OH is 1. The van der Waals surface area contributed by atoms with Crippen LogP contribution >= 0.6 is 0 Å². The molecule has 0 fully saturated rings. The molecule has 0 aromatic heterocycles. The van der Waals surface area contributed by atoms with E-state index < -0.39 is 23.7 Å². The second-order valence-electron chi connectivity index (χ2n) is 3.98. The maximum atomic E-state index is 13.5. The van der Waals surface area contributed by atoms with Crippen molar-refractivity contribution in [2.45, 2.75) is 20.0 Å². The molecule has 0 aliphatic carbocycles. The number of halogens is 1. The van der Waals surface area contributed by atoms with Gasteiger partial charge in [-0.15, -0.1) is 0 Å². The zero-order valence-electron chi connectivity index (χ0n) is 9.81. The van der Waals surface area contributed by atoms with E-state index >= 15 is 0 Å². The number of primary amides is 1. The third-order valence-corrected chi connectivity index (χ3v) is 2.41. The van der Waals surface area contributed by atoms with E-state index in [-0.39, 0.29) is 12.4 Å². The Morgan fingerprint density at radius 1 is 1.53 bits per heavy atom. The Balaban J connectivity index is 2.70. The Morgan fingerprint density at radius 2 is 2.18 bits per heavy atom. The maximum Gasteiger partial charge on any atom is 0.223 e. The van der Waals surface area contributed by atoms with Crippen molar-refractivity contribution in [1.82, 2.24) is 0 Å². The van der Waals surface area contributed by atoms with Gasteiger partial charge in [0.2, 0.25) is 5.91 Å². The number of aliphatic hydroxyl groups is 1. The third-order valence-electron chi connectivity index (χ3n) is 2.41. The lowest BCUT2D eigenvalue weighted by atomic mass is 10.1. The Hall–Kier alpha value is -1.62. The molecule has 1 rings (SSSR count). The summed E-state index contributed by atoms with van der Waals surface area (Å²) < 4.78 is 18.6. The van der Waals surface area contributed by atoms with E-state index in [1.807, 2.05) is 0 Å². The van der Waals surface area contributed by atoms with Crippen LogP contribution in [-0.2, 0) is 4.79 Å². The minimum atomic E-state index is -0.733. The summed E-state index contributed by atoms with van der Waals surface area (Å²) in [6.07, 6.45) is -0.733. The minimum Gasteiger partial charge on any atom is -0.490 e. The van der Waals surface area contributed by atoms with Crippen LogP contribution < -0.4 is 10.5 Å². The molecular weight excluding hydrogens is 225 g/mol. The number of carbonyl (C=O) groups excluding carboxylic acids is 1. The van der Waals surface area contributed by atoms with Gasteiger partial charge in [0.15, 0.2) is 11.6 Å². The monoisotopic (exact) mass is 241 g/mol. The van der Waals surface area contributed by atoms with Crippen molar-refractivity contribution in [2.75, 3.05) is 6.61 Å². The molecule has 0 saturated heterocycles. The van der Waals surface area contributed by atoms with Crippen molar-refractivity contribution in [3.63, 3.8) is 0 Å². The van der Waals surface area contributed by atoms with Gasteiger partial charge in [-0.05, 0) is 24.6 Å². The third kappa shape index (κ3) is 3.71. The van der Waals surface area contributed by atoms with E-state index in [1.54, 1.807) is 19.9 Å². The molecule has 0 saturated carbocycles. The first-order valence-corrected chi connectivity index (χ1v) is 5.31. The number of amides is 1. The van der Waals surface area contributed by atoms with Gasteiger partial charge >= 0.3 is 0 Å². The Labute approximate surface area is 99.2 Å². The molecule has 0 bridgehead atoms. The first kappa shape index (κ1) is 13.4. The fourth-order valence-corrected chi connectivity index (χ4v) is 1.19. The van der Waals surface area contributed by atoms with Crippen LogP contribution in [0.15, 0.2) is 18.2 Å². The molecule has 4 nitrogen and oxygen atoms in total. The predicted octanol–water partition coefficient (Wildman–Crippen LogP) is 1.38. The summed E-state index contributed by atoms with van der Waals surface area (Å²) in [5, 5.41) is 9.26. The molecule has 0 radical (unpaired) electrons. The highest BCUT2D eigenvalue weighted by molar-refractivity contribution is 5.76. The highest BCUT2D eigenvalue weighted by Gasteiger charge is 2.12. The molecular formula is C12H16FNO3. The lowest BCUT2D eigenvalue weighted by Crippen LogP contribution is -2.25. The second kappa shape index (κ2) is 5.63. The molecule has 0 aliphatic heterocycles. The molecule has 0 heterocycles. The topological polar surface area (TPSA) is 72.6 Å². The molecule has 0 spiro atoms. The normalized spacial score (nSPS) is 14.1. The zero-order chi connectivity index (χ0) is 13.0. The summed E-state index contributed by atoms with van der Waals surface area (Å²) in [5.41, 5.74) is 5.53. The van der Waals surface area contributed by atoms with Crippen LogP contribution in [0.5, 0.6) is 5.75 Å². The minimum absolute atomic E-state index is 0.0281. The summed E-state index contributed by atoms with van der Waals surface area (Å²) in [4.78, 5) is 10.8. The van der Waals surface area contributed by atoms with E-state index in [0.29, 0.717) is 5.56 Å². The number of benzene rings is 1. The summed E-state index contributed by atoms with van der Waals surface area (Å²) in [6, 6.07) is 4.19. The van der Waals surface area contributed by atoms with Crippen molar-refractivity contribution >= 4 is 5.91 Å². The number of rotatable bonds is 5. The number of nitrogens with two attached hydrogens (primary N) is 1. The first-order chi connectivity index (χ1) is 7.91. The smallest absolute Gasteiger partial charge is 0.223 e. The van der Waals surface area contributed by atoms with E-state index in [0.717, 1.165) is 0 Å². The molecule has 0 aliphatic rings. The summed E-state index contributed by atoms with van der Waals surface area (Å²) >= 11 is 0. The molecule has 17 heavy (non-hydrogen) atoms. The van der Waals surface area contributed by atoms with Crippen molar-refractivity contribution in [3.8, 4) is 5.75 Å². The molecule has 1 aromatic carbocycles. The van der Waals surface area contributed by atoms with Gasteiger partial charge in [0.1, 0.15) is 0 Å². The number of carbonyl (C=O) groups is 1. The number of hydrogen-bond donors (Lipinski definition) is 2. The van der Waals surface area contributed by atoms with Crippen LogP contribution in [0, 0.1) is 11.7 Å². The number of hydrogen-bond acceptors (Lipinski definition) is 3. The van der Waals surface area contributed by atoms with Crippen molar-refractivity contribution in [1.29, 1.82) is 0 Å². The van der Waals surface area contributed by atoms with Crippen molar-refractivity contribution in [3.05, 3.63) is 29.6 Å². The van der Waals surface area contributed by atoms with E-state index in [1.165, 1.54) is 12.1 Å². The quantitative estimate of drug-likeness (QED) is 0.818. The molecule has 3 N–H and O–H groups in total. The molecule has 2 atom stereocenters. The van der Waals surface area contributed by atoms with E-state index in [9.17, 15) is 14.3 Å². The van der Waals surface area contributed by atoms with Gasteiger partial charge in [0, 0.05) is 0 Å². The van der Waals surface area contributed by atoms with E-state index in [2.05, 4.69) is 0 Å². The van der Waals surface area contributed by atoms with Gasteiger partial charge in [-0.3, -0.25) is 4.79 Å². The largest absolute Gasteiger partial charge is 0.490 e. The standard InChI is InChI=1S/C12H16FNO3/c1-7(12(14)16)6-17-11-4-3-9(8(2)15)5-10(11)13/h3-5,7-8,15H,6H2,1-2H3,(H2,14,16)/t7?,8-/m0/s1. The van der Waals surface area contributed by atoms with Crippen LogP contribution in [0.2, 0.25) is 0 Å². The van der Waals surface area contributed by atoms with Crippen LogP contribution in [0.4, 0.5) is 4.39 Å². The molecule has 5 heteroatoms. The average Bonchev–Trinajstić information content (AvgIpc) is 2.26. The highest BCUT2D eigenvalue weighted by atomic mass is 19.1.